The average Bonchev–Trinajstić information content (AvgIpc) is 2.72. The van der Waals surface area contributed by atoms with Gasteiger partial charge in [-0.15, -0.1) is 26.4 Å². The van der Waals surface area contributed by atoms with Gasteiger partial charge in [0.15, 0.2) is 5.65 Å². The molecule has 2 aromatic heterocycles. The van der Waals surface area contributed by atoms with Crippen LogP contribution in [0.15, 0.2) is 12.1 Å². The lowest BCUT2D eigenvalue weighted by Crippen LogP contribution is -2.20. The summed E-state index contributed by atoms with van der Waals surface area (Å²) in [6.45, 7) is 4.83. The summed E-state index contributed by atoms with van der Waals surface area (Å²) in [5.74, 6) is 1.14. The van der Waals surface area contributed by atoms with Gasteiger partial charge in [-0.1, -0.05) is 13.8 Å². The van der Waals surface area contributed by atoms with Crippen LogP contribution in [-0.4, -0.2) is 37.2 Å². The van der Waals surface area contributed by atoms with Crippen LogP contribution in [0.2, 0.25) is 0 Å². The molecule has 2 aromatic rings. The van der Waals surface area contributed by atoms with E-state index in [0.29, 0.717) is 23.9 Å². The Labute approximate surface area is 98.0 Å². The van der Waals surface area contributed by atoms with E-state index in [-0.39, 0.29) is 5.38 Å². The van der Waals surface area contributed by atoms with Gasteiger partial charge in [-0.3, -0.25) is 0 Å². The van der Waals surface area contributed by atoms with Crippen LogP contribution < -0.4 is 5.32 Å². The lowest BCUT2D eigenvalue weighted by atomic mass is 10.1. The number of anilines is 1. The van der Waals surface area contributed by atoms with Crippen LogP contribution in [0.3, 0.4) is 0 Å². The van der Waals surface area contributed by atoms with Crippen molar-refractivity contribution < 1.29 is 0 Å². The zero-order valence-corrected chi connectivity index (χ0v) is 9.89. The van der Waals surface area contributed by atoms with Crippen molar-refractivity contribution in [1.82, 2.24) is 25.3 Å². The van der Waals surface area contributed by atoms with Crippen LogP contribution in [0, 0.1) is 5.92 Å². The van der Waals surface area contributed by atoms with Gasteiger partial charge in [0.2, 0.25) is 0 Å². The van der Waals surface area contributed by atoms with Crippen molar-refractivity contribution >= 4 is 23.1 Å². The van der Waals surface area contributed by atoms with E-state index in [1.807, 2.05) is 6.07 Å². The fourth-order valence-electron chi connectivity index (χ4n) is 1.18. The Morgan fingerprint density at radius 2 is 2.25 bits per heavy atom. The van der Waals surface area contributed by atoms with Gasteiger partial charge < -0.3 is 5.32 Å². The van der Waals surface area contributed by atoms with E-state index >= 15 is 0 Å². The lowest BCUT2D eigenvalue weighted by molar-refractivity contribution is 0.614. The first-order valence-electron chi connectivity index (χ1n) is 5.10. The summed E-state index contributed by atoms with van der Waals surface area (Å²) in [4.78, 5) is 0. The fourth-order valence-corrected chi connectivity index (χ4v) is 1.26. The number of alkyl halides is 1. The molecule has 0 saturated heterocycles. The fraction of sp³-hybridized carbons (Fsp3) is 0.556. The van der Waals surface area contributed by atoms with Gasteiger partial charge in [-0.2, -0.15) is 0 Å². The summed E-state index contributed by atoms with van der Waals surface area (Å²) in [5.41, 5.74) is 0.622. The largest absolute Gasteiger partial charge is 0.367 e. The Bertz CT molecular complexity index is 468. The molecular weight excluding hydrogens is 228 g/mol. The second-order valence-electron chi connectivity index (χ2n) is 3.89. The monoisotopic (exact) mass is 240 g/mol. The highest BCUT2D eigenvalue weighted by molar-refractivity contribution is 6.21. The van der Waals surface area contributed by atoms with Gasteiger partial charge in [0, 0.05) is 6.54 Å². The number of nitrogens with one attached hydrogen (secondary N) is 1. The molecule has 6 nitrogen and oxygen atoms in total. The van der Waals surface area contributed by atoms with Gasteiger partial charge >= 0.3 is 0 Å². The summed E-state index contributed by atoms with van der Waals surface area (Å²) in [6.07, 6.45) is 0. The van der Waals surface area contributed by atoms with Crippen molar-refractivity contribution in [3.63, 3.8) is 0 Å². The zero-order valence-electron chi connectivity index (χ0n) is 9.13. The van der Waals surface area contributed by atoms with Crippen LogP contribution in [-0.2, 0) is 0 Å². The first-order valence-corrected chi connectivity index (χ1v) is 5.54. The molecule has 0 bridgehead atoms. The van der Waals surface area contributed by atoms with E-state index in [4.69, 9.17) is 11.6 Å². The van der Waals surface area contributed by atoms with Crippen LogP contribution in [0.25, 0.3) is 5.65 Å². The number of halogens is 1. The smallest absolute Gasteiger partial charge is 0.200 e. The summed E-state index contributed by atoms with van der Waals surface area (Å²) in [7, 11) is 0. The molecule has 0 saturated carbocycles. The molecule has 1 N–H and O–H groups in total. The molecule has 0 aromatic carbocycles. The predicted octanol–water partition coefficient (Wildman–Crippen LogP) is 1.19. The maximum atomic E-state index is 6.13. The highest BCUT2D eigenvalue weighted by Crippen LogP contribution is 2.10. The first kappa shape index (κ1) is 11.1. The second-order valence-corrected chi connectivity index (χ2v) is 4.45. The number of hydrogen-bond donors (Lipinski definition) is 1. The third kappa shape index (κ3) is 2.38. The van der Waals surface area contributed by atoms with E-state index in [0.717, 1.165) is 0 Å². The molecule has 2 rings (SSSR count). The molecule has 0 fully saturated rings. The maximum absolute atomic E-state index is 6.13. The molecule has 1 atom stereocenters. The molecule has 1 unspecified atom stereocenters. The Morgan fingerprint density at radius 1 is 1.44 bits per heavy atom. The van der Waals surface area contributed by atoms with Crippen molar-refractivity contribution in [1.29, 1.82) is 0 Å². The predicted molar refractivity (Wildman–Crippen MR) is 61.5 cm³/mol. The van der Waals surface area contributed by atoms with Crippen molar-refractivity contribution in [3.8, 4) is 0 Å². The second kappa shape index (κ2) is 4.61. The van der Waals surface area contributed by atoms with Crippen molar-refractivity contribution in [2.24, 2.45) is 5.92 Å². The molecule has 0 amide bonds. The average molecular weight is 241 g/mol. The Balaban J connectivity index is 2.04. The van der Waals surface area contributed by atoms with E-state index < -0.39 is 0 Å². The van der Waals surface area contributed by atoms with Gasteiger partial charge in [0.25, 0.3) is 0 Å². The Hall–Kier alpha value is -1.43. The Morgan fingerprint density at radius 3 is 3.00 bits per heavy atom. The topological polar surface area (TPSA) is 68.0 Å². The quantitative estimate of drug-likeness (QED) is 0.814. The number of rotatable bonds is 4. The molecule has 0 spiro atoms. The van der Waals surface area contributed by atoms with Gasteiger partial charge in [0.05, 0.1) is 5.38 Å². The van der Waals surface area contributed by atoms with E-state index in [1.54, 1.807) is 6.07 Å². The highest BCUT2D eigenvalue weighted by atomic mass is 35.5. The number of tetrazole rings is 1. The zero-order chi connectivity index (χ0) is 11.5. The molecule has 7 heteroatoms. The van der Waals surface area contributed by atoms with Gasteiger partial charge in [-0.05, 0) is 28.5 Å². The highest BCUT2D eigenvalue weighted by Gasteiger charge is 2.09. The van der Waals surface area contributed by atoms with Gasteiger partial charge in [0.1, 0.15) is 5.82 Å². The number of fused-ring (bicyclic) bond motifs is 1. The number of hydrogen-bond acceptors (Lipinski definition) is 5. The Kier molecular flexibility index (Phi) is 3.19. The molecule has 86 valence electrons. The van der Waals surface area contributed by atoms with E-state index in [9.17, 15) is 0 Å². The lowest BCUT2D eigenvalue weighted by Gasteiger charge is -2.13. The van der Waals surface area contributed by atoms with Crippen LogP contribution in [0.5, 0.6) is 0 Å². The summed E-state index contributed by atoms with van der Waals surface area (Å²) in [5, 5.41) is 18.4. The molecule has 0 aliphatic rings. The van der Waals surface area contributed by atoms with Crippen LogP contribution >= 0.6 is 11.6 Å². The number of aromatic nitrogens is 5. The normalized spacial score (nSPS) is 13.2. The van der Waals surface area contributed by atoms with Crippen LogP contribution in [0.1, 0.15) is 13.8 Å². The maximum Gasteiger partial charge on any atom is 0.200 e. The van der Waals surface area contributed by atoms with E-state index in [1.165, 1.54) is 4.63 Å². The third-order valence-electron chi connectivity index (χ3n) is 2.27. The van der Waals surface area contributed by atoms with Crippen molar-refractivity contribution in [3.05, 3.63) is 12.1 Å². The van der Waals surface area contributed by atoms with Crippen LogP contribution in [0.4, 0.5) is 5.82 Å². The third-order valence-corrected chi connectivity index (χ3v) is 2.93. The molecular formula is C9H13ClN6. The number of nitrogens with zero attached hydrogens (tertiary/aromatic N) is 5. The van der Waals surface area contributed by atoms with E-state index in [2.05, 4.69) is 39.8 Å². The molecule has 16 heavy (non-hydrogen) atoms. The SMILES string of the molecule is CC(C)C(Cl)CNc1ccc2nnnn2n1. The van der Waals surface area contributed by atoms with Crippen molar-refractivity contribution in [2.75, 3.05) is 11.9 Å². The minimum absolute atomic E-state index is 0.0753. The van der Waals surface area contributed by atoms with Gasteiger partial charge in [-0.25, -0.2) is 0 Å². The molecule has 0 radical (unpaired) electrons. The molecule has 2 heterocycles. The summed E-state index contributed by atoms with van der Waals surface area (Å²) >= 11 is 6.13. The summed E-state index contributed by atoms with van der Waals surface area (Å²) < 4.78 is 1.38. The minimum Gasteiger partial charge on any atom is -0.367 e. The molecule has 0 aliphatic heterocycles. The van der Waals surface area contributed by atoms with Crippen molar-refractivity contribution in [2.45, 2.75) is 19.2 Å². The first-order chi connectivity index (χ1) is 7.66. The summed E-state index contributed by atoms with van der Waals surface area (Å²) in [6, 6.07) is 3.63. The minimum atomic E-state index is 0.0753. The standard InChI is InChI=1S/C9H13ClN6/c1-6(2)7(10)5-11-8-3-4-9-12-14-15-16(9)13-8/h3-4,6-7H,5H2,1-2H3,(H,11,13). The molecule has 0 aliphatic carbocycles.